The van der Waals surface area contributed by atoms with E-state index in [2.05, 4.69) is 33.5 Å². The molecule has 9 heteroatoms. The summed E-state index contributed by atoms with van der Waals surface area (Å²) < 4.78 is 15.1. The molecule has 1 aliphatic heterocycles. The lowest BCUT2D eigenvalue weighted by Gasteiger charge is -2.33. The van der Waals surface area contributed by atoms with Gasteiger partial charge in [0.15, 0.2) is 5.82 Å². The number of nitrogens with zero attached hydrogens (tertiary/aromatic N) is 4. The summed E-state index contributed by atoms with van der Waals surface area (Å²) in [4.78, 5) is 32.5. The molecule has 1 N–H and O–H groups in total. The van der Waals surface area contributed by atoms with Crippen LogP contribution in [0, 0.1) is 0 Å². The number of alkyl carbamates (subject to hydrolysis) is 1. The number of hydrogen-bond acceptors (Lipinski definition) is 5. The van der Waals surface area contributed by atoms with Crippen LogP contribution >= 0.6 is 0 Å². The first kappa shape index (κ1) is 26.6. The van der Waals surface area contributed by atoms with Crippen LogP contribution in [0.4, 0.5) is 4.79 Å². The molecular weight excluding hydrogens is 494 g/mol. The molecule has 5 rings (SSSR count). The maximum Gasteiger partial charge on any atom is 0.407 e. The Kier molecular flexibility index (Phi) is 7.01. The molecule has 0 aliphatic carbocycles. The summed E-state index contributed by atoms with van der Waals surface area (Å²) in [6.45, 7) is 9.50. The van der Waals surface area contributed by atoms with E-state index in [9.17, 15) is 9.59 Å². The van der Waals surface area contributed by atoms with Crippen LogP contribution in [0.5, 0.6) is 5.75 Å². The number of rotatable bonds is 5. The third kappa shape index (κ3) is 5.30. The van der Waals surface area contributed by atoms with Crippen LogP contribution in [-0.4, -0.2) is 62.9 Å². The molecule has 1 unspecified atom stereocenters. The van der Waals surface area contributed by atoms with Crippen molar-refractivity contribution in [3.8, 4) is 17.3 Å². The normalized spacial score (nSPS) is 16.1. The number of nitrogens with one attached hydrogen (secondary N) is 1. The average molecular weight is 532 g/mol. The fourth-order valence-electron chi connectivity index (χ4n) is 5.39. The van der Waals surface area contributed by atoms with Crippen LogP contribution in [0.25, 0.3) is 33.5 Å². The number of carbonyl (C=O) groups excluding carboxylic acids is 2. The maximum atomic E-state index is 13.5. The van der Waals surface area contributed by atoms with Crippen molar-refractivity contribution in [2.24, 2.45) is 7.05 Å². The van der Waals surface area contributed by atoms with Crippen molar-refractivity contribution in [2.75, 3.05) is 20.2 Å². The van der Waals surface area contributed by atoms with Crippen LogP contribution in [0.3, 0.4) is 0 Å². The quantitative estimate of drug-likeness (QED) is 0.375. The number of aromatic nitrogens is 3. The predicted molar refractivity (Wildman–Crippen MR) is 152 cm³/mol. The summed E-state index contributed by atoms with van der Waals surface area (Å²) in [5, 5.41) is 4.04. The van der Waals surface area contributed by atoms with E-state index in [1.807, 2.05) is 58.2 Å². The minimum absolute atomic E-state index is 0.0606. The Morgan fingerprint density at radius 3 is 2.62 bits per heavy atom. The Hall–Kier alpha value is -4.01. The number of benzene rings is 2. The van der Waals surface area contributed by atoms with Crippen molar-refractivity contribution in [3.05, 3.63) is 48.0 Å². The molecular formula is C30H37N5O4. The van der Waals surface area contributed by atoms with Gasteiger partial charge in [-0.2, -0.15) is 0 Å². The van der Waals surface area contributed by atoms with Gasteiger partial charge in [-0.3, -0.25) is 4.79 Å². The number of hydrogen-bond donors (Lipinski definition) is 1. The van der Waals surface area contributed by atoms with E-state index < -0.39 is 11.7 Å². The van der Waals surface area contributed by atoms with Crippen LogP contribution in [0.15, 0.2) is 42.5 Å². The van der Waals surface area contributed by atoms with E-state index in [1.165, 1.54) is 0 Å². The molecule has 9 nitrogen and oxygen atoms in total. The zero-order chi connectivity index (χ0) is 27.9. The second kappa shape index (κ2) is 10.3. The first-order chi connectivity index (χ1) is 18.6. The summed E-state index contributed by atoms with van der Waals surface area (Å²) in [7, 11) is 3.68. The molecule has 2 amide bonds. The molecule has 0 saturated carbocycles. The number of carbonyl (C=O) groups is 2. The van der Waals surface area contributed by atoms with E-state index in [0.29, 0.717) is 18.7 Å². The van der Waals surface area contributed by atoms with E-state index in [0.717, 1.165) is 58.6 Å². The second-order valence-corrected chi connectivity index (χ2v) is 11.1. The highest BCUT2D eigenvalue weighted by Gasteiger charge is 2.28. The lowest BCUT2D eigenvalue weighted by Crippen LogP contribution is -2.50. The van der Waals surface area contributed by atoms with E-state index >= 15 is 0 Å². The first-order valence-electron chi connectivity index (χ1n) is 13.5. The molecule has 0 spiro atoms. The Balaban J connectivity index is 1.40. The fourth-order valence-corrected chi connectivity index (χ4v) is 5.39. The molecule has 1 saturated heterocycles. The third-order valence-electron chi connectivity index (χ3n) is 7.21. The number of imidazole rings is 1. The van der Waals surface area contributed by atoms with E-state index in [1.54, 1.807) is 12.0 Å². The van der Waals surface area contributed by atoms with Crippen LogP contribution in [0.1, 0.15) is 50.9 Å². The second-order valence-electron chi connectivity index (χ2n) is 11.1. The van der Waals surface area contributed by atoms with E-state index in [-0.39, 0.29) is 11.9 Å². The van der Waals surface area contributed by atoms with Gasteiger partial charge in [0.25, 0.3) is 5.91 Å². The molecule has 3 heterocycles. The smallest absolute Gasteiger partial charge is 0.407 e. The SMILES string of the molecule is CCn1c(-c2nc3cc(C(=O)N4CCCC(NC(=O)OC(C)(C)C)C4)ccc3n2C)cc2ccc(OC)cc21. The highest BCUT2D eigenvalue weighted by atomic mass is 16.6. The number of amides is 2. The average Bonchev–Trinajstić information content (AvgIpc) is 3.43. The van der Waals surface area contributed by atoms with Crippen LogP contribution in [0.2, 0.25) is 0 Å². The number of piperidine rings is 1. The molecule has 0 bridgehead atoms. The number of methoxy groups -OCH3 is 1. The Bertz CT molecular complexity index is 1540. The predicted octanol–water partition coefficient (Wildman–Crippen LogP) is 5.35. The lowest BCUT2D eigenvalue weighted by atomic mass is 10.0. The lowest BCUT2D eigenvalue weighted by molar-refractivity contribution is 0.0452. The first-order valence-corrected chi connectivity index (χ1v) is 13.5. The topological polar surface area (TPSA) is 90.6 Å². The molecule has 39 heavy (non-hydrogen) atoms. The van der Waals surface area contributed by atoms with Crippen molar-refractivity contribution in [3.63, 3.8) is 0 Å². The van der Waals surface area contributed by atoms with Gasteiger partial charge in [-0.1, -0.05) is 0 Å². The fraction of sp³-hybridized carbons (Fsp3) is 0.433. The van der Waals surface area contributed by atoms with Gasteiger partial charge in [-0.15, -0.1) is 0 Å². The van der Waals surface area contributed by atoms with Crippen molar-refractivity contribution in [1.82, 2.24) is 24.3 Å². The van der Waals surface area contributed by atoms with Crippen molar-refractivity contribution < 1.29 is 19.1 Å². The molecule has 1 atom stereocenters. The van der Waals surface area contributed by atoms with Gasteiger partial charge in [-0.25, -0.2) is 9.78 Å². The standard InChI is InChI=1S/C30H37N5O4/c1-7-35-25-17-22(38-6)12-10-19(25)16-26(35)27-32-23-15-20(11-13-24(23)33(27)5)28(36)34-14-8-9-21(18-34)31-29(37)39-30(2,3)4/h10-13,15-17,21H,7-9,14,18H2,1-6H3,(H,31,37). The minimum atomic E-state index is -0.566. The molecule has 4 aromatic rings. The zero-order valence-electron chi connectivity index (χ0n) is 23.6. The third-order valence-corrected chi connectivity index (χ3v) is 7.21. The number of fused-ring (bicyclic) bond motifs is 2. The van der Waals surface area contributed by atoms with Crippen LogP contribution < -0.4 is 10.1 Å². The molecule has 1 fully saturated rings. The van der Waals surface area contributed by atoms with Gasteiger partial charge in [0.2, 0.25) is 0 Å². The van der Waals surface area contributed by atoms with Crippen molar-refractivity contribution in [1.29, 1.82) is 0 Å². The van der Waals surface area contributed by atoms with Crippen molar-refractivity contribution in [2.45, 2.75) is 58.7 Å². The summed E-state index contributed by atoms with van der Waals surface area (Å²) >= 11 is 0. The van der Waals surface area contributed by atoms with Crippen molar-refractivity contribution >= 4 is 33.9 Å². The number of aryl methyl sites for hydroxylation is 2. The zero-order valence-corrected chi connectivity index (χ0v) is 23.6. The largest absolute Gasteiger partial charge is 0.497 e. The van der Waals surface area contributed by atoms with Gasteiger partial charge < -0.3 is 28.8 Å². The molecule has 2 aromatic heterocycles. The summed E-state index contributed by atoms with van der Waals surface area (Å²) in [5.41, 5.74) is 3.85. The van der Waals surface area contributed by atoms with Gasteiger partial charge in [0.05, 0.1) is 29.4 Å². The molecule has 2 aromatic carbocycles. The minimum Gasteiger partial charge on any atom is -0.497 e. The highest BCUT2D eigenvalue weighted by molar-refractivity contribution is 5.98. The van der Waals surface area contributed by atoms with Gasteiger partial charge in [0, 0.05) is 49.7 Å². The van der Waals surface area contributed by atoms with E-state index in [4.69, 9.17) is 14.5 Å². The summed E-state index contributed by atoms with van der Waals surface area (Å²) in [6, 6.07) is 13.8. The Morgan fingerprint density at radius 2 is 1.90 bits per heavy atom. The molecule has 1 aliphatic rings. The summed E-state index contributed by atoms with van der Waals surface area (Å²) in [6.07, 6.45) is 1.17. The Labute approximate surface area is 228 Å². The van der Waals surface area contributed by atoms with Gasteiger partial charge in [-0.05, 0) is 76.9 Å². The molecule has 206 valence electrons. The monoisotopic (exact) mass is 531 g/mol. The Morgan fingerprint density at radius 1 is 1.10 bits per heavy atom. The maximum absolute atomic E-state index is 13.5. The summed E-state index contributed by atoms with van der Waals surface area (Å²) in [5.74, 6) is 1.59. The highest BCUT2D eigenvalue weighted by Crippen LogP contribution is 2.32. The van der Waals surface area contributed by atoms with Crippen LogP contribution in [-0.2, 0) is 18.3 Å². The van der Waals surface area contributed by atoms with Gasteiger partial charge in [0.1, 0.15) is 11.4 Å². The number of ether oxygens (including phenoxy) is 2. The van der Waals surface area contributed by atoms with Gasteiger partial charge >= 0.3 is 6.09 Å². The molecule has 0 radical (unpaired) electrons. The number of likely N-dealkylation sites (tertiary alicyclic amines) is 1.